The second-order valence-electron chi connectivity index (χ2n) is 37.8. The van der Waals surface area contributed by atoms with Crippen LogP contribution in [0.5, 0.6) is 34.5 Å². The molecule has 0 radical (unpaired) electrons. The second-order valence-corrected chi connectivity index (χ2v) is 37.8. The zero-order valence-corrected chi connectivity index (χ0v) is 83.0. The minimum atomic E-state index is 0.657. The van der Waals surface area contributed by atoms with Crippen LogP contribution >= 0.6 is 0 Å². The lowest BCUT2D eigenvalue weighted by Crippen LogP contribution is -1.97. The zero-order chi connectivity index (χ0) is 94.7. The molecule has 0 amide bonds. The van der Waals surface area contributed by atoms with Crippen LogP contribution in [0.15, 0.2) is 194 Å². The van der Waals surface area contributed by atoms with Gasteiger partial charge in [0.25, 0.3) is 0 Å². The molecule has 0 unspecified atom stereocenters. The first-order valence-corrected chi connectivity index (χ1v) is 53.0. The van der Waals surface area contributed by atoms with Gasteiger partial charge >= 0.3 is 0 Å². The molecule has 16 rings (SSSR count). The van der Waals surface area contributed by atoms with Gasteiger partial charge in [-0.15, -0.1) is 0 Å². The van der Waals surface area contributed by atoms with Crippen LogP contribution in [-0.4, -0.2) is 79.5 Å². The van der Waals surface area contributed by atoms with E-state index in [4.69, 9.17) is 48.4 Å². The van der Waals surface area contributed by atoms with Gasteiger partial charge in [0, 0.05) is 88.6 Å². The Bertz CT molecular complexity index is 5900. The Morgan fingerprint density at radius 1 is 0.152 bits per heavy atom. The minimum absolute atomic E-state index is 0.657. The fourth-order valence-electron chi connectivity index (χ4n) is 19.5. The fourth-order valence-corrected chi connectivity index (χ4v) is 19.5. The average Bonchev–Trinajstić information content (AvgIpc) is 1.59. The lowest BCUT2D eigenvalue weighted by molar-refractivity contribution is 0.304. The standard InChI is InChI=1S/C124H146N8O6/c1-7-13-19-25-31-37-83-133-95-55-43-89(44-56-95)117-101-67-71-105(125-101)119(91-47-59-97(60-48-91)135-85-39-33-27-21-15-9-3)109-75-79-113(129-109)123(114-80-76-110(130-114)120(106-72-68-102(117)126-106)92-49-61-98(62-50-92)136-86-40-34-28-22-16-10-4)124-115-81-77-111(131-115)121(93-51-63-99(64-52-93)137-87-41-35-29-23-17-11-5)107-73-69-103(127-107)118(90-45-57-96(58-46-90)134-84-38-32-26-20-14-8-2)104-70-74-108(128-104)122(112-78-82-116(124)132-112)94-53-65-100(66-54-94)138-88-42-36-30-24-18-12-6/h43-82,125,127,130,132H,7-42,83-88H2,1-6H3. The average molecular weight is 1840 g/mol. The van der Waals surface area contributed by atoms with E-state index in [2.05, 4.69) is 304 Å². The van der Waals surface area contributed by atoms with E-state index in [-0.39, 0.29) is 0 Å². The van der Waals surface area contributed by atoms with E-state index in [9.17, 15) is 0 Å². The van der Waals surface area contributed by atoms with Crippen LogP contribution in [0, 0.1) is 0 Å². The molecule has 4 aliphatic heterocycles. The van der Waals surface area contributed by atoms with E-state index >= 15 is 0 Å². The summed E-state index contributed by atoms with van der Waals surface area (Å²) in [5.41, 5.74) is 26.3. The molecule has 10 heterocycles. The fraction of sp³-hybridized carbons (Fsp3) is 0.387. The Kier molecular flexibility index (Phi) is 36.8. The number of nitrogens with one attached hydrogen (secondary N) is 4. The third-order valence-corrected chi connectivity index (χ3v) is 27.2. The van der Waals surface area contributed by atoms with Gasteiger partial charge in [0.15, 0.2) is 0 Å². The van der Waals surface area contributed by atoms with Gasteiger partial charge in [-0.05, 0) is 242 Å². The molecule has 12 aromatic rings. The smallest absolute Gasteiger partial charge is 0.119 e. The number of rotatable bonds is 55. The van der Waals surface area contributed by atoms with Crippen LogP contribution in [0.1, 0.15) is 318 Å². The Balaban J connectivity index is 0.938. The summed E-state index contributed by atoms with van der Waals surface area (Å²) in [6, 6.07) is 69.4. The van der Waals surface area contributed by atoms with Gasteiger partial charge in [0.05, 0.1) is 85.2 Å². The van der Waals surface area contributed by atoms with Crippen LogP contribution in [-0.2, 0) is 0 Å². The summed E-state index contributed by atoms with van der Waals surface area (Å²) in [4.78, 5) is 40.2. The van der Waals surface area contributed by atoms with Gasteiger partial charge in [-0.2, -0.15) is 0 Å². The molecule has 6 aromatic carbocycles. The van der Waals surface area contributed by atoms with Crippen molar-refractivity contribution < 1.29 is 28.4 Å². The van der Waals surface area contributed by atoms with Crippen molar-refractivity contribution in [1.82, 2.24) is 39.9 Å². The first-order valence-electron chi connectivity index (χ1n) is 53.0. The summed E-state index contributed by atoms with van der Waals surface area (Å²) < 4.78 is 39.2. The first kappa shape index (κ1) is 98.4. The molecule has 138 heavy (non-hydrogen) atoms. The maximum Gasteiger partial charge on any atom is 0.119 e. The van der Waals surface area contributed by atoms with Gasteiger partial charge in [-0.3, -0.25) is 0 Å². The molecule has 0 saturated carbocycles. The van der Waals surface area contributed by atoms with Crippen molar-refractivity contribution in [3.63, 3.8) is 0 Å². The Morgan fingerprint density at radius 3 is 0.435 bits per heavy atom. The quantitative estimate of drug-likeness (QED) is 0.0269. The molecule has 0 atom stereocenters. The zero-order valence-electron chi connectivity index (χ0n) is 83.0. The molecule has 4 N–H and O–H groups in total. The van der Waals surface area contributed by atoms with Crippen LogP contribution < -0.4 is 28.4 Å². The monoisotopic (exact) mass is 1840 g/mol. The highest BCUT2D eigenvalue weighted by atomic mass is 16.5. The van der Waals surface area contributed by atoms with Crippen LogP contribution in [0.25, 0.3) is 171 Å². The molecule has 0 saturated heterocycles. The lowest BCUT2D eigenvalue weighted by atomic mass is 10.0. The normalized spacial score (nSPS) is 12.1. The SMILES string of the molecule is CCCCCCCCOc1ccc(-c2c3nc(c(-c4ccc(OCCCCCCCC)cc4)c4ccc([nH]4)c(-c4c5nc(c(-c6ccc(OCCCCCCCC)cc6)c6ccc([nH]6)c(-c6ccc(OCCCCCCCC)cc6)c6nc(c(-c7ccc(OCCCCCCCC)cc7)c7ccc4[nH]7)C=C6)C=C5)c4nc(c(-c5ccc(OCCCCCCCC)cc5)c5ccc2[nH]5)C=C4)C=C3)cc1. The number of hydrogen-bond donors (Lipinski definition) is 4. The van der Waals surface area contributed by atoms with Gasteiger partial charge in [-0.25, -0.2) is 19.9 Å². The molecule has 4 aliphatic rings. The first-order chi connectivity index (χ1) is 68.2. The van der Waals surface area contributed by atoms with Crippen molar-refractivity contribution in [1.29, 1.82) is 0 Å². The van der Waals surface area contributed by atoms with Crippen molar-refractivity contribution in [2.24, 2.45) is 0 Å². The Morgan fingerprint density at radius 2 is 0.283 bits per heavy atom. The van der Waals surface area contributed by atoms with Gasteiger partial charge in [-0.1, -0.05) is 307 Å². The predicted molar refractivity (Wildman–Crippen MR) is 583 cm³/mol. The molecule has 0 spiro atoms. The van der Waals surface area contributed by atoms with Crippen molar-refractivity contribution in [2.75, 3.05) is 39.6 Å². The van der Waals surface area contributed by atoms with Crippen LogP contribution in [0.3, 0.4) is 0 Å². The predicted octanol–water partition coefficient (Wildman–Crippen LogP) is 35.7. The third-order valence-electron chi connectivity index (χ3n) is 27.2. The third kappa shape index (κ3) is 26.2. The molecule has 718 valence electrons. The van der Waals surface area contributed by atoms with Crippen molar-refractivity contribution in [2.45, 2.75) is 273 Å². The Labute approximate surface area is 820 Å². The number of hydrogen-bond acceptors (Lipinski definition) is 10. The number of aromatic amines is 4. The van der Waals surface area contributed by atoms with E-state index in [1.165, 1.54) is 154 Å². The molecular weight excluding hydrogens is 1700 g/mol. The molecular formula is C124H146N8O6. The highest BCUT2D eigenvalue weighted by Crippen LogP contribution is 2.45. The van der Waals surface area contributed by atoms with Crippen molar-refractivity contribution in [3.05, 3.63) is 240 Å². The summed E-state index contributed by atoms with van der Waals surface area (Å²) >= 11 is 0. The number of unbranched alkanes of at least 4 members (excludes halogenated alkanes) is 30. The number of H-pyrrole nitrogens is 4. The highest BCUT2D eigenvalue weighted by molar-refractivity contribution is 6.06. The van der Waals surface area contributed by atoms with Crippen LogP contribution in [0.2, 0.25) is 0 Å². The number of ether oxygens (including phenoxy) is 6. The lowest BCUT2D eigenvalue weighted by Gasteiger charge is -2.10. The summed E-state index contributed by atoms with van der Waals surface area (Å²) in [6.07, 6.45) is 60.3. The number of aromatic nitrogens is 8. The van der Waals surface area contributed by atoms with E-state index in [0.29, 0.717) is 39.6 Å². The summed E-state index contributed by atoms with van der Waals surface area (Å²) in [6.45, 7) is 17.6. The van der Waals surface area contributed by atoms with E-state index < -0.39 is 0 Å². The number of nitrogens with zero attached hydrogens (tertiary/aromatic N) is 4. The van der Waals surface area contributed by atoms with E-state index in [0.717, 1.165) is 279 Å². The van der Waals surface area contributed by atoms with Gasteiger partial charge in [0.2, 0.25) is 0 Å². The van der Waals surface area contributed by atoms with E-state index in [1.54, 1.807) is 0 Å². The topological polar surface area (TPSA) is 170 Å². The Hall–Kier alpha value is -12.7. The maximum atomic E-state index is 6.55. The molecule has 14 heteroatoms. The minimum Gasteiger partial charge on any atom is -0.494 e. The van der Waals surface area contributed by atoms with Crippen molar-refractivity contribution in [3.8, 4) is 112 Å². The molecule has 14 nitrogen and oxygen atoms in total. The molecule has 0 fully saturated rings. The number of fused-ring (bicyclic) bond motifs is 16. The summed E-state index contributed by atoms with van der Waals surface area (Å²) in [5.74, 6) is 5.02. The molecule has 6 aromatic heterocycles. The van der Waals surface area contributed by atoms with Crippen molar-refractivity contribution >= 4 is 92.7 Å². The molecule has 0 aliphatic carbocycles. The van der Waals surface area contributed by atoms with Gasteiger partial charge in [0.1, 0.15) is 34.5 Å². The summed E-state index contributed by atoms with van der Waals surface area (Å²) in [5, 5.41) is 0. The number of benzene rings is 6. The highest BCUT2D eigenvalue weighted by Gasteiger charge is 2.26. The van der Waals surface area contributed by atoms with Crippen LogP contribution in [0.4, 0.5) is 0 Å². The van der Waals surface area contributed by atoms with E-state index in [1.807, 2.05) is 0 Å². The second kappa shape index (κ2) is 51.7. The summed E-state index contributed by atoms with van der Waals surface area (Å²) in [7, 11) is 0. The largest absolute Gasteiger partial charge is 0.494 e. The van der Waals surface area contributed by atoms with Gasteiger partial charge < -0.3 is 48.4 Å². The maximum absolute atomic E-state index is 6.55. The molecule has 16 bridgehead atoms.